The van der Waals surface area contributed by atoms with Gasteiger partial charge in [0.1, 0.15) is 0 Å². The van der Waals surface area contributed by atoms with E-state index in [1.165, 1.54) is 0 Å². The first-order valence-electron chi connectivity index (χ1n) is 9.22. The number of rotatable bonds is 5. The first-order valence-corrected chi connectivity index (χ1v) is 9.22. The summed E-state index contributed by atoms with van der Waals surface area (Å²) in [4.78, 5) is 28.9. The lowest BCUT2D eigenvalue weighted by molar-refractivity contribution is -0.129. The molecule has 0 bridgehead atoms. The van der Waals surface area contributed by atoms with Crippen LogP contribution < -0.4 is 10.6 Å². The minimum absolute atomic E-state index is 0.0518. The Morgan fingerprint density at radius 3 is 2.88 bits per heavy atom. The number of carbonyl (C=O) groups is 2. The van der Waals surface area contributed by atoms with Crippen molar-refractivity contribution in [3.8, 4) is 0 Å². The summed E-state index contributed by atoms with van der Waals surface area (Å²) in [6, 6.07) is 0.233. The second kappa shape index (κ2) is 8.27. The monoisotopic (exact) mass is 338 g/mol. The maximum Gasteiger partial charge on any atom is 0.225 e. The molecule has 2 amide bonds. The molecule has 0 radical (unpaired) electrons. The van der Waals surface area contributed by atoms with Crippen LogP contribution in [0.15, 0.2) is 0 Å². The van der Waals surface area contributed by atoms with E-state index in [0.717, 1.165) is 52.4 Å². The van der Waals surface area contributed by atoms with Gasteiger partial charge >= 0.3 is 0 Å². The zero-order valence-electron chi connectivity index (χ0n) is 14.6. The number of hydrogen-bond acceptors (Lipinski definition) is 5. The Morgan fingerprint density at radius 1 is 1.33 bits per heavy atom. The summed E-state index contributed by atoms with van der Waals surface area (Å²) in [6.07, 6.45) is 1.32. The van der Waals surface area contributed by atoms with Crippen molar-refractivity contribution in [3.63, 3.8) is 0 Å². The van der Waals surface area contributed by atoms with E-state index in [0.29, 0.717) is 25.4 Å². The van der Waals surface area contributed by atoms with Crippen molar-refractivity contribution in [3.05, 3.63) is 0 Å². The summed E-state index contributed by atoms with van der Waals surface area (Å²) in [5.74, 6) is 0.416. The second-order valence-corrected chi connectivity index (χ2v) is 7.28. The van der Waals surface area contributed by atoms with Gasteiger partial charge in [0, 0.05) is 45.2 Å². The fourth-order valence-corrected chi connectivity index (χ4v) is 3.78. The third-order valence-corrected chi connectivity index (χ3v) is 5.49. The summed E-state index contributed by atoms with van der Waals surface area (Å²) in [7, 11) is 0. The van der Waals surface area contributed by atoms with Crippen molar-refractivity contribution in [2.75, 3.05) is 59.0 Å². The molecule has 0 aromatic rings. The molecule has 0 saturated carbocycles. The topological polar surface area (TPSA) is 73.9 Å². The van der Waals surface area contributed by atoms with Gasteiger partial charge in [-0.05, 0) is 25.4 Å². The number of morpholine rings is 1. The van der Waals surface area contributed by atoms with E-state index < -0.39 is 0 Å². The van der Waals surface area contributed by atoms with Gasteiger partial charge in [-0.2, -0.15) is 0 Å². The number of piperidine rings is 1. The highest BCUT2D eigenvalue weighted by Crippen LogP contribution is 2.19. The predicted molar refractivity (Wildman–Crippen MR) is 90.5 cm³/mol. The Labute approximate surface area is 144 Å². The summed E-state index contributed by atoms with van der Waals surface area (Å²) < 4.78 is 5.34. The van der Waals surface area contributed by atoms with Crippen LogP contribution in [0, 0.1) is 11.8 Å². The summed E-state index contributed by atoms with van der Waals surface area (Å²) in [5, 5.41) is 6.51. The van der Waals surface area contributed by atoms with Gasteiger partial charge in [-0.1, -0.05) is 6.92 Å². The standard InChI is InChI=1S/C17H30N4O3/c1-13-11-18-3-2-15(13)19-17(23)14-10-16(22)21(12-14)5-4-20-6-8-24-9-7-20/h13-15,18H,2-12H2,1H3,(H,19,23). The van der Waals surface area contributed by atoms with Gasteiger partial charge in [0.2, 0.25) is 11.8 Å². The van der Waals surface area contributed by atoms with Gasteiger partial charge in [-0.25, -0.2) is 0 Å². The van der Waals surface area contributed by atoms with Crippen molar-refractivity contribution in [2.45, 2.75) is 25.8 Å². The molecule has 24 heavy (non-hydrogen) atoms. The zero-order valence-corrected chi connectivity index (χ0v) is 14.6. The lowest BCUT2D eigenvalue weighted by Gasteiger charge is -2.31. The smallest absolute Gasteiger partial charge is 0.225 e. The highest BCUT2D eigenvalue weighted by Gasteiger charge is 2.35. The third-order valence-electron chi connectivity index (χ3n) is 5.49. The molecule has 0 aromatic carbocycles. The van der Waals surface area contributed by atoms with Gasteiger partial charge in [0.15, 0.2) is 0 Å². The summed E-state index contributed by atoms with van der Waals surface area (Å²) in [6.45, 7) is 9.60. The van der Waals surface area contributed by atoms with Crippen molar-refractivity contribution >= 4 is 11.8 Å². The van der Waals surface area contributed by atoms with Crippen LogP contribution in [0.25, 0.3) is 0 Å². The molecule has 3 unspecified atom stereocenters. The van der Waals surface area contributed by atoms with E-state index in [-0.39, 0.29) is 23.8 Å². The van der Waals surface area contributed by atoms with Gasteiger partial charge in [-0.15, -0.1) is 0 Å². The molecule has 0 aromatic heterocycles. The normalized spacial score (nSPS) is 32.1. The number of nitrogens with zero attached hydrogens (tertiary/aromatic N) is 2. The zero-order chi connectivity index (χ0) is 16.9. The van der Waals surface area contributed by atoms with Crippen molar-refractivity contribution in [1.82, 2.24) is 20.4 Å². The Kier molecular flexibility index (Phi) is 6.08. The van der Waals surface area contributed by atoms with E-state index in [2.05, 4.69) is 22.5 Å². The van der Waals surface area contributed by atoms with E-state index in [1.807, 2.05) is 4.90 Å². The van der Waals surface area contributed by atoms with Gasteiger partial charge in [-0.3, -0.25) is 14.5 Å². The van der Waals surface area contributed by atoms with Gasteiger partial charge in [0.05, 0.1) is 19.1 Å². The number of amides is 2. The average molecular weight is 338 g/mol. The number of nitrogens with one attached hydrogen (secondary N) is 2. The molecule has 0 spiro atoms. The maximum absolute atomic E-state index is 12.5. The van der Waals surface area contributed by atoms with Crippen LogP contribution in [-0.2, 0) is 14.3 Å². The average Bonchev–Trinajstić information content (AvgIpc) is 2.97. The van der Waals surface area contributed by atoms with Crippen LogP contribution in [0.2, 0.25) is 0 Å². The van der Waals surface area contributed by atoms with Crippen LogP contribution >= 0.6 is 0 Å². The van der Waals surface area contributed by atoms with E-state index in [4.69, 9.17) is 4.74 Å². The molecular formula is C17H30N4O3. The fourth-order valence-electron chi connectivity index (χ4n) is 3.78. The maximum atomic E-state index is 12.5. The van der Waals surface area contributed by atoms with Crippen molar-refractivity contribution in [1.29, 1.82) is 0 Å². The molecule has 3 rings (SSSR count). The predicted octanol–water partition coefficient (Wildman–Crippen LogP) is -0.719. The molecule has 3 fully saturated rings. The molecular weight excluding hydrogens is 308 g/mol. The SMILES string of the molecule is CC1CNCCC1NC(=O)C1CC(=O)N(CCN2CCOCC2)C1. The lowest BCUT2D eigenvalue weighted by atomic mass is 9.94. The molecule has 3 atom stereocenters. The Morgan fingerprint density at radius 2 is 2.12 bits per heavy atom. The Balaban J connectivity index is 1.44. The first kappa shape index (κ1) is 17.6. The fraction of sp³-hybridized carbons (Fsp3) is 0.882. The van der Waals surface area contributed by atoms with Crippen LogP contribution in [-0.4, -0.2) is 86.7 Å². The number of likely N-dealkylation sites (tertiary alicyclic amines) is 1. The van der Waals surface area contributed by atoms with Crippen molar-refractivity contribution < 1.29 is 14.3 Å². The quantitative estimate of drug-likeness (QED) is 0.692. The summed E-state index contributed by atoms with van der Waals surface area (Å²) in [5.41, 5.74) is 0. The third kappa shape index (κ3) is 4.46. The van der Waals surface area contributed by atoms with Crippen LogP contribution in [0.5, 0.6) is 0 Å². The van der Waals surface area contributed by atoms with Crippen LogP contribution in [0.4, 0.5) is 0 Å². The van der Waals surface area contributed by atoms with E-state index >= 15 is 0 Å². The van der Waals surface area contributed by atoms with Crippen LogP contribution in [0.1, 0.15) is 19.8 Å². The molecule has 0 aliphatic carbocycles. The van der Waals surface area contributed by atoms with Crippen molar-refractivity contribution in [2.24, 2.45) is 11.8 Å². The van der Waals surface area contributed by atoms with E-state index in [9.17, 15) is 9.59 Å². The Hall–Kier alpha value is -1.18. The number of ether oxygens (including phenoxy) is 1. The molecule has 3 saturated heterocycles. The number of carbonyl (C=O) groups excluding carboxylic acids is 2. The Bertz CT molecular complexity index is 453. The van der Waals surface area contributed by atoms with E-state index in [1.54, 1.807) is 0 Å². The largest absolute Gasteiger partial charge is 0.379 e. The molecule has 3 heterocycles. The molecule has 2 N–H and O–H groups in total. The minimum Gasteiger partial charge on any atom is -0.379 e. The molecule has 7 nitrogen and oxygen atoms in total. The highest BCUT2D eigenvalue weighted by atomic mass is 16.5. The lowest BCUT2D eigenvalue weighted by Crippen LogP contribution is -2.50. The molecule has 136 valence electrons. The minimum atomic E-state index is -0.190. The molecule has 7 heteroatoms. The first-order chi connectivity index (χ1) is 11.6. The van der Waals surface area contributed by atoms with Gasteiger partial charge < -0.3 is 20.3 Å². The highest BCUT2D eigenvalue weighted by molar-refractivity contribution is 5.89. The summed E-state index contributed by atoms with van der Waals surface area (Å²) >= 11 is 0. The van der Waals surface area contributed by atoms with Crippen LogP contribution in [0.3, 0.4) is 0 Å². The molecule has 3 aliphatic heterocycles. The molecule has 3 aliphatic rings. The second-order valence-electron chi connectivity index (χ2n) is 7.28. The van der Waals surface area contributed by atoms with Gasteiger partial charge in [0.25, 0.3) is 0 Å². The number of hydrogen-bond donors (Lipinski definition) is 2.